The molecule has 3 nitrogen and oxygen atoms in total. The van der Waals surface area contributed by atoms with E-state index in [2.05, 4.69) is 24.9 Å². The highest BCUT2D eigenvalue weighted by atomic mass is 16.2. The maximum absolute atomic E-state index is 12.2. The Balaban J connectivity index is 2.02. The Morgan fingerprint density at radius 1 is 1.47 bits per heavy atom. The summed E-state index contributed by atoms with van der Waals surface area (Å²) in [6.45, 7) is 4.54. The van der Waals surface area contributed by atoms with E-state index in [1.54, 1.807) is 6.20 Å². The van der Waals surface area contributed by atoms with Crippen molar-refractivity contribution in [1.29, 1.82) is 0 Å². The predicted molar refractivity (Wildman–Crippen MR) is 64.8 cm³/mol. The predicted octanol–water partition coefficient (Wildman–Crippen LogP) is 2.26. The maximum atomic E-state index is 12.2. The number of fused-ring (bicyclic) bond motifs is 3. The van der Waals surface area contributed by atoms with E-state index in [1.165, 1.54) is 12.0 Å². The molecule has 1 saturated carbocycles. The molecule has 3 atom stereocenters. The molecule has 3 heterocycles. The number of anilines is 1. The number of amides is 1. The average Bonchev–Trinajstić information content (AvgIpc) is 2.50. The van der Waals surface area contributed by atoms with E-state index in [0.29, 0.717) is 12.3 Å². The van der Waals surface area contributed by atoms with Crippen molar-refractivity contribution in [3.8, 4) is 0 Å². The zero-order valence-corrected chi connectivity index (χ0v) is 10.2. The van der Waals surface area contributed by atoms with Gasteiger partial charge in [0.15, 0.2) is 0 Å². The fourth-order valence-electron chi connectivity index (χ4n) is 4.43. The van der Waals surface area contributed by atoms with Crippen LogP contribution in [0.3, 0.4) is 0 Å². The summed E-state index contributed by atoms with van der Waals surface area (Å²) in [5.74, 6) is 1.83. The van der Waals surface area contributed by atoms with Gasteiger partial charge in [0.25, 0.3) is 0 Å². The lowest BCUT2D eigenvalue weighted by Gasteiger charge is -2.62. The van der Waals surface area contributed by atoms with Crippen molar-refractivity contribution in [3.05, 3.63) is 23.9 Å². The molecule has 4 rings (SSSR count). The summed E-state index contributed by atoms with van der Waals surface area (Å²) in [4.78, 5) is 18.7. The minimum atomic E-state index is -0.0149. The van der Waals surface area contributed by atoms with Crippen LogP contribution in [0.2, 0.25) is 0 Å². The number of nitrogens with zero attached hydrogens (tertiary/aromatic N) is 2. The van der Waals surface area contributed by atoms with Gasteiger partial charge in [-0.05, 0) is 31.7 Å². The molecule has 0 radical (unpaired) electrons. The normalized spacial score (nSPS) is 41.9. The van der Waals surface area contributed by atoms with E-state index in [0.717, 1.165) is 12.2 Å². The van der Waals surface area contributed by atoms with Gasteiger partial charge in [0.2, 0.25) is 5.91 Å². The van der Waals surface area contributed by atoms with E-state index in [4.69, 9.17) is 0 Å². The van der Waals surface area contributed by atoms with Crippen molar-refractivity contribution in [2.45, 2.75) is 44.1 Å². The third-order valence-corrected chi connectivity index (χ3v) is 5.58. The Bertz CT molecular complexity index is 541. The van der Waals surface area contributed by atoms with Crippen LogP contribution in [0.15, 0.2) is 18.3 Å². The summed E-state index contributed by atoms with van der Waals surface area (Å²) in [6, 6.07) is 4.14. The second kappa shape index (κ2) is 2.55. The van der Waals surface area contributed by atoms with Crippen molar-refractivity contribution in [1.82, 2.24) is 4.98 Å². The van der Waals surface area contributed by atoms with Gasteiger partial charge in [-0.25, -0.2) is 4.98 Å². The lowest BCUT2D eigenvalue weighted by atomic mass is 9.47. The van der Waals surface area contributed by atoms with Crippen molar-refractivity contribution in [3.63, 3.8) is 0 Å². The molecule has 17 heavy (non-hydrogen) atoms. The van der Waals surface area contributed by atoms with Gasteiger partial charge in [-0.15, -0.1) is 0 Å². The van der Waals surface area contributed by atoms with Crippen LogP contribution in [-0.4, -0.2) is 16.4 Å². The Labute approximate surface area is 101 Å². The first kappa shape index (κ1) is 9.63. The highest BCUT2D eigenvalue weighted by Crippen LogP contribution is 2.67. The molecule has 3 aliphatic rings. The number of rotatable bonds is 0. The molecule has 1 aromatic heterocycles. The van der Waals surface area contributed by atoms with Crippen LogP contribution in [0, 0.1) is 5.92 Å². The number of piperidine rings is 1. The van der Waals surface area contributed by atoms with E-state index >= 15 is 0 Å². The summed E-state index contributed by atoms with van der Waals surface area (Å²) >= 11 is 0. The Morgan fingerprint density at radius 3 is 3.12 bits per heavy atom. The summed E-state index contributed by atoms with van der Waals surface area (Å²) in [6.07, 6.45) is 4.74. The highest BCUT2D eigenvalue weighted by molar-refractivity contribution is 5.99. The SMILES string of the molecule is C[C@]12CC3CCC(=O)N(c4ncccc41)[C@@]32C. The van der Waals surface area contributed by atoms with E-state index in [-0.39, 0.29) is 16.9 Å². The number of carbonyl (C=O) groups is 1. The molecular weight excluding hydrogens is 212 g/mol. The Kier molecular flexibility index (Phi) is 1.44. The number of hydrogen-bond donors (Lipinski definition) is 0. The molecular formula is C14H16N2O. The van der Waals surface area contributed by atoms with Gasteiger partial charge >= 0.3 is 0 Å². The molecule has 2 aliphatic heterocycles. The summed E-state index contributed by atoms with van der Waals surface area (Å²) in [5.41, 5.74) is 1.38. The second-order valence-corrected chi connectivity index (χ2v) is 6.02. The van der Waals surface area contributed by atoms with Gasteiger partial charge in [-0.1, -0.05) is 13.0 Å². The van der Waals surface area contributed by atoms with Crippen molar-refractivity contribution >= 4 is 11.7 Å². The van der Waals surface area contributed by atoms with Crippen LogP contribution in [0.4, 0.5) is 5.82 Å². The van der Waals surface area contributed by atoms with Crippen LogP contribution < -0.4 is 4.90 Å². The largest absolute Gasteiger partial charge is 0.289 e. The summed E-state index contributed by atoms with van der Waals surface area (Å²) in [7, 11) is 0. The zero-order valence-electron chi connectivity index (χ0n) is 10.2. The molecule has 1 aromatic rings. The minimum absolute atomic E-state index is 0.0149. The average molecular weight is 228 g/mol. The maximum Gasteiger partial charge on any atom is 0.228 e. The van der Waals surface area contributed by atoms with Crippen molar-refractivity contribution in [2.75, 3.05) is 4.90 Å². The summed E-state index contributed by atoms with van der Waals surface area (Å²) < 4.78 is 0. The van der Waals surface area contributed by atoms with Gasteiger partial charge in [0.05, 0.1) is 5.54 Å². The molecule has 88 valence electrons. The molecule has 1 aliphatic carbocycles. The third kappa shape index (κ3) is 0.780. The summed E-state index contributed by atoms with van der Waals surface area (Å²) in [5, 5.41) is 0. The fourth-order valence-corrected chi connectivity index (χ4v) is 4.43. The molecule has 1 unspecified atom stereocenters. The van der Waals surface area contributed by atoms with Gasteiger partial charge in [-0.2, -0.15) is 0 Å². The molecule has 0 bridgehead atoms. The van der Waals surface area contributed by atoms with Crippen LogP contribution in [0.1, 0.15) is 38.7 Å². The monoisotopic (exact) mass is 228 g/mol. The van der Waals surface area contributed by atoms with Crippen LogP contribution >= 0.6 is 0 Å². The fraction of sp³-hybridized carbons (Fsp3) is 0.571. The van der Waals surface area contributed by atoms with Crippen molar-refractivity contribution < 1.29 is 4.79 Å². The third-order valence-electron chi connectivity index (χ3n) is 5.58. The lowest BCUT2D eigenvalue weighted by Crippen LogP contribution is -2.71. The topological polar surface area (TPSA) is 33.2 Å². The molecule has 1 amide bonds. The van der Waals surface area contributed by atoms with Crippen LogP contribution in [-0.2, 0) is 10.2 Å². The molecule has 1 saturated heterocycles. The molecule has 0 spiro atoms. The smallest absolute Gasteiger partial charge is 0.228 e. The first-order valence-electron chi connectivity index (χ1n) is 6.37. The highest BCUT2D eigenvalue weighted by Gasteiger charge is 2.71. The molecule has 0 N–H and O–H groups in total. The standard InChI is InChI=1S/C14H16N2O/c1-13-8-9-5-6-11(17)16(14(9,13)2)12-10(13)4-3-7-15-12/h3-4,7,9H,5-6,8H2,1-2H3/t9?,13-,14-/m0/s1. The van der Waals surface area contributed by atoms with Crippen LogP contribution in [0.5, 0.6) is 0 Å². The molecule has 2 fully saturated rings. The molecule has 3 heteroatoms. The first-order valence-corrected chi connectivity index (χ1v) is 6.37. The van der Waals surface area contributed by atoms with Gasteiger partial charge in [0, 0.05) is 23.6 Å². The quantitative estimate of drug-likeness (QED) is 0.682. The van der Waals surface area contributed by atoms with Gasteiger partial charge < -0.3 is 0 Å². The first-order chi connectivity index (χ1) is 8.09. The number of hydrogen-bond acceptors (Lipinski definition) is 2. The Hall–Kier alpha value is -1.38. The zero-order chi connectivity index (χ0) is 11.8. The second-order valence-electron chi connectivity index (χ2n) is 6.02. The van der Waals surface area contributed by atoms with E-state index < -0.39 is 0 Å². The van der Waals surface area contributed by atoms with E-state index in [1.807, 2.05) is 11.0 Å². The Morgan fingerprint density at radius 2 is 2.29 bits per heavy atom. The van der Waals surface area contributed by atoms with Gasteiger partial charge in [-0.3, -0.25) is 9.69 Å². The van der Waals surface area contributed by atoms with Gasteiger partial charge in [0.1, 0.15) is 5.82 Å². The van der Waals surface area contributed by atoms with E-state index in [9.17, 15) is 4.79 Å². The minimum Gasteiger partial charge on any atom is -0.289 e. The van der Waals surface area contributed by atoms with Crippen LogP contribution in [0.25, 0.3) is 0 Å². The number of carbonyl (C=O) groups excluding carboxylic acids is 1. The lowest BCUT2D eigenvalue weighted by molar-refractivity contribution is -0.127. The number of aromatic nitrogens is 1. The van der Waals surface area contributed by atoms with Crippen molar-refractivity contribution in [2.24, 2.45) is 5.92 Å². The number of pyridine rings is 1. The molecule has 0 aromatic carbocycles.